The molecule has 0 bridgehead atoms. The summed E-state index contributed by atoms with van der Waals surface area (Å²) in [6, 6.07) is 3.66. The molecule has 0 fully saturated rings. The summed E-state index contributed by atoms with van der Waals surface area (Å²) in [5.74, 6) is -1.05. The van der Waals surface area contributed by atoms with E-state index in [1.54, 1.807) is 0 Å². The van der Waals surface area contributed by atoms with Crippen LogP contribution >= 0.6 is 0 Å². The summed E-state index contributed by atoms with van der Waals surface area (Å²) in [5.41, 5.74) is 5.83. The smallest absolute Gasteiger partial charge is 0.468 e. The molecule has 0 aromatic heterocycles. The molecule has 94 valence electrons. The molecule has 2 N–H and O–H groups in total. The Morgan fingerprint density at radius 2 is 1.82 bits per heavy atom. The molecule has 0 heterocycles. The lowest BCUT2D eigenvalue weighted by Crippen LogP contribution is -2.22. The molecule has 1 atom stereocenters. The van der Waals surface area contributed by atoms with Crippen LogP contribution in [0.3, 0.4) is 0 Å². The standard InChI is InChI=1S/C10H10F3NO3/c1-16-9(15)8(14)6-2-4-7(5-3-6)17-10(11,12)13/h2-5,8H,14H2,1H3/t8-/m0/s1. The minimum absolute atomic E-state index is 0.339. The third-order valence-corrected chi connectivity index (χ3v) is 1.93. The lowest BCUT2D eigenvalue weighted by atomic mass is 10.1. The van der Waals surface area contributed by atoms with Crippen LogP contribution in [0.4, 0.5) is 13.2 Å². The topological polar surface area (TPSA) is 61.5 Å². The van der Waals surface area contributed by atoms with E-state index in [9.17, 15) is 18.0 Å². The molecule has 0 aliphatic carbocycles. The Morgan fingerprint density at radius 3 is 2.24 bits per heavy atom. The molecular formula is C10H10F3NO3. The normalized spacial score (nSPS) is 13.0. The van der Waals surface area contributed by atoms with Gasteiger partial charge in [-0.1, -0.05) is 12.1 Å². The van der Waals surface area contributed by atoms with Crippen LogP contribution in [0.15, 0.2) is 24.3 Å². The summed E-state index contributed by atoms with van der Waals surface area (Å²) >= 11 is 0. The van der Waals surface area contributed by atoms with Crippen molar-refractivity contribution in [3.05, 3.63) is 29.8 Å². The van der Waals surface area contributed by atoms with E-state index in [1.165, 1.54) is 19.2 Å². The van der Waals surface area contributed by atoms with E-state index >= 15 is 0 Å². The molecule has 0 aliphatic rings. The van der Waals surface area contributed by atoms with Crippen molar-refractivity contribution in [3.63, 3.8) is 0 Å². The minimum atomic E-state index is -4.74. The zero-order valence-corrected chi connectivity index (χ0v) is 8.82. The highest BCUT2D eigenvalue weighted by Crippen LogP contribution is 2.24. The number of carbonyl (C=O) groups excluding carboxylic acids is 1. The number of methoxy groups -OCH3 is 1. The maximum Gasteiger partial charge on any atom is 0.573 e. The van der Waals surface area contributed by atoms with Crippen LogP contribution < -0.4 is 10.5 Å². The average molecular weight is 249 g/mol. The monoisotopic (exact) mass is 249 g/mol. The summed E-state index contributed by atoms with van der Waals surface area (Å²) < 4.78 is 43.7. The molecule has 1 aromatic rings. The zero-order chi connectivity index (χ0) is 13.1. The third-order valence-electron chi connectivity index (χ3n) is 1.93. The number of halogens is 3. The molecule has 0 saturated heterocycles. The third kappa shape index (κ3) is 3.95. The summed E-state index contributed by atoms with van der Waals surface area (Å²) in [4.78, 5) is 11.1. The van der Waals surface area contributed by atoms with E-state index in [2.05, 4.69) is 9.47 Å². The van der Waals surface area contributed by atoms with Gasteiger partial charge in [0.1, 0.15) is 11.8 Å². The molecule has 7 heteroatoms. The highest BCUT2D eigenvalue weighted by molar-refractivity contribution is 5.77. The van der Waals surface area contributed by atoms with Crippen LogP contribution in [0.1, 0.15) is 11.6 Å². The number of hydrogen-bond donors (Lipinski definition) is 1. The van der Waals surface area contributed by atoms with Gasteiger partial charge in [-0.3, -0.25) is 4.79 Å². The molecule has 17 heavy (non-hydrogen) atoms. The quantitative estimate of drug-likeness (QED) is 0.829. The molecule has 0 saturated carbocycles. The van der Waals surface area contributed by atoms with Gasteiger partial charge in [0.25, 0.3) is 0 Å². The number of ether oxygens (including phenoxy) is 2. The number of alkyl halides is 3. The average Bonchev–Trinajstić information content (AvgIpc) is 2.26. The van der Waals surface area contributed by atoms with Gasteiger partial charge in [-0.25, -0.2) is 0 Å². The molecular weight excluding hydrogens is 239 g/mol. The van der Waals surface area contributed by atoms with Crippen LogP contribution in [-0.4, -0.2) is 19.4 Å². The highest BCUT2D eigenvalue weighted by atomic mass is 19.4. The van der Waals surface area contributed by atoms with Gasteiger partial charge in [0.05, 0.1) is 7.11 Å². The summed E-state index contributed by atoms with van der Waals surface area (Å²) in [7, 11) is 1.17. The molecule has 0 radical (unpaired) electrons. The van der Waals surface area contributed by atoms with Crippen molar-refractivity contribution in [2.75, 3.05) is 7.11 Å². The maximum absolute atomic E-state index is 11.9. The van der Waals surface area contributed by atoms with Crippen molar-refractivity contribution in [2.24, 2.45) is 5.73 Å². The molecule has 1 rings (SSSR count). The molecule has 0 aliphatic heterocycles. The van der Waals surface area contributed by atoms with Crippen LogP contribution in [0.2, 0.25) is 0 Å². The largest absolute Gasteiger partial charge is 0.573 e. The lowest BCUT2D eigenvalue weighted by molar-refractivity contribution is -0.274. The van der Waals surface area contributed by atoms with Gasteiger partial charge in [-0.05, 0) is 17.7 Å². The SMILES string of the molecule is COC(=O)[C@@H](N)c1ccc(OC(F)(F)F)cc1. The molecule has 4 nitrogen and oxygen atoms in total. The number of esters is 1. The van der Waals surface area contributed by atoms with Crippen molar-refractivity contribution >= 4 is 5.97 Å². The van der Waals surface area contributed by atoms with Gasteiger partial charge in [0.2, 0.25) is 0 Å². The minimum Gasteiger partial charge on any atom is -0.468 e. The Labute approximate surface area is 95.1 Å². The van der Waals surface area contributed by atoms with E-state index in [-0.39, 0.29) is 5.75 Å². The number of nitrogens with two attached hydrogens (primary N) is 1. The summed E-state index contributed by atoms with van der Waals surface area (Å²) in [5, 5.41) is 0. The zero-order valence-electron chi connectivity index (χ0n) is 8.82. The Hall–Kier alpha value is -1.76. The molecule has 0 unspecified atom stereocenters. The fraction of sp³-hybridized carbons (Fsp3) is 0.300. The van der Waals surface area contributed by atoms with Gasteiger partial charge in [-0.2, -0.15) is 0 Å². The highest BCUT2D eigenvalue weighted by Gasteiger charge is 2.31. The maximum atomic E-state index is 11.9. The summed E-state index contributed by atoms with van der Waals surface area (Å²) in [6.45, 7) is 0. The fourth-order valence-corrected chi connectivity index (χ4v) is 1.14. The molecule has 0 amide bonds. The van der Waals surface area contributed by atoms with Gasteiger partial charge >= 0.3 is 12.3 Å². The number of hydrogen-bond acceptors (Lipinski definition) is 4. The van der Waals surface area contributed by atoms with E-state index < -0.39 is 18.4 Å². The van der Waals surface area contributed by atoms with Gasteiger partial charge in [0.15, 0.2) is 0 Å². The molecule has 1 aromatic carbocycles. The summed E-state index contributed by atoms with van der Waals surface area (Å²) in [6.07, 6.45) is -4.74. The van der Waals surface area contributed by atoms with E-state index in [4.69, 9.17) is 5.73 Å². The van der Waals surface area contributed by atoms with Crippen LogP contribution in [0.5, 0.6) is 5.75 Å². The Bertz CT molecular complexity index is 389. The van der Waals surface area contributed by atoms with E-state index in [0.717, 1.165) is 12.1 Å². The number of benzene rings is 1. The van der Waals surface area contributed by atoms with E-state index in [1.807, 2.05) is 0 Å². The Kier molecular flexibility index (Phi) is 3.95. The van der Waals surface area contributed by atoms with Gasteiger partial charge in [0, 0.05) is 0 Å². The first-order valence-corrected chi connectivity index (χ1v) is 4.52. The first-order valence-electron chi connectivity index (χ1n) is 4.52. The fourth-order valence-electron chi connectivity index (χ4n) is 1.14. The van der Waals surface area contributed by atoms with Crippen molar-refractivity contribution in [2.45, 2.75) is 12.4 Å². The first-order chi connectivity index (χ1) is 7.83. The van der Waals surface area contributed by atoms with Crippen LogP contribution in [-0.2, 0) is 9.53 Å². The number of carbonyl (C=O) groups is 1. The van der Waals surface area contributed by atoms with Gasteiger partial charge < -0.3 is 15.2 Å². The van der Waals surface area contributed by atoms with Crippen LogP contribution in [0.25, 0.3) is 0 Å². The van der Waals surface area contributed by atoms with Crippen molar-refractivity contribution in [1.29, 1.82) is 0 Å². The second kappa shape index (κ2) is 5.05. The van der Waals surface area contributed by atoms with Crippen LogP contribution in [0, 0.1) is 0 Å². The lowest BCUT2D eigenvalue weighted by Gasteiger charge is -2.11. The van der Waals surface area contributed by atoms with Gasteiger partial charge in [-0.15, -0.1) is 13.2 Å². The predicted octanol–water partition coefficient (Wildman–Crippen LogP) is 1.76. The first kappa shape index (κ1) is 13.3. The number of rotatable bonds is 3. The molecule has 0 spiro atoms. The van der Waals surface area contributed by atoms with Crippen molar-refractivity contribution in [3.8, 4) is 5.75 Å². The second-order valence-electron chi connectivity index (χ2n) is 3.12. The van der Waals surface area contributed by atoms with E-state index in [0.29, 0.717) is 5.56 Å². The Balaban J connectivity index is 2.78. The predicted molar refractivity (Wildman–Crippen MR) is 52.1 cm³/mol. The second-order valence-corrected chi connectivity index (χ2v) is 3.12. The van der Waals surface area contributed by atoms with Crippen molar-refractivity contribution < 1.29 is 27.4 Å². The Morgan fingerprint density at radius 1 is 1.29 bits per heavy atom. The van der Waals surface area contributed by atoms with Crippen molar-refractivity contribution in [1.82, 2.24) is 0 Å².